The van der Waals surface area contributed by atoms with Gasteiger partial charge in [0, 0.05) is 24.4 Å². The first kappa shape index (κ1) is 11.7. The highest BCUT2D eigenvalue weighted by atomic mass is 35.5. The Balaban J connectivity index is 1.98. The van der Waals surface area contributed by atoms with Crippen molar-refractivity contribution < 1.29 is 0 Å². The van der Waals surface area contributed by atoms with E-state index in [1.54, 1.807) is 0 Å². The van der Waals surface area contributed by atoms with Crippen LogP contribution in [0.25, 0.3) is 10.8 Å². The van der Waals surface area contributed by atoms with Gasteiger partial charge in [0.25, 0.3) is 0 Å². The molecule has 1 aliphatic rings. The Kier molecular flexibility index (Phi) is 2.86. The number of hydrogen-bond acceptors (Lipinski definition) is 3. The molecule has 1 aliphatic carbocycles. The largest absolute Gasteiger partial charge is 0.357 e. The van der Waals surface area contributed by atoms with Crippen LogP contribution in [0.5, 0.6) is 0 Å². The summed E-state index contributed by atoms with van der Waals surface area (Å²) in [5.41, 5.74) is 0. The van der Waals surface area contributed by atoms with E-state index in [0.29, 0.717) is 5.15 Å². The Morgan fingerprint density at radius 1 is 1.28 bits per heavy atom. The molecule has 2 unspecified atom stereocenters. The zero-order valence-electron chi connectivity index (χ0n) is 10.6. The van der Waals surface area contributed by atoms with Gasteiger partial charge in [0.05, 0.1) is 0 Å². The zero-order chi connectivity index (χ0) is 12.7. The lowest BCUT2D eigenvalue weighted by atomic mass is 10.2. The molecule has 0 aliphatic heterocycles. The Labute approximate surface area is 112 Å². The smallest absolute Gasteiger partial charge is 0.159 e. The summed E-state index contributed by atoms with van der Waals surface area (Å²) in [4.78, 5) is 2.19. The molecule has 0 radical (unpaired) electrons. The van der Waals surface area contributed by atoms with Crippen LogP contribution in [0, 0.1) is 11.8 Å². The van der Waals surface area contributed by atoms with Gasteiger partial charge in [0.1, 0.15) is 0 Å². The van der Waals surface area contributed by atoms with Crippen molar-refractivity contribution in [1.82, 2.24) is 10.2 Å². The molecule has 0 saturated heterocycles. The highest BCUT2D eigenvalue weighted by molar-refractivity contribution is 6.34. The van der Waals surface area contributed by atoms with Crippen molar-refractivity contribution in [3.05, 3.63) is 29.4 Å². The minimum Gasteiger partial charge on any atom is -0.357 e. The Morgan fingerprint density at radius 2 is 1.94 bits per heavy atom. The number of fused-ring (bicyclic) bond motifs is 1. The molecule has 3 rings (SSSR count). The number of hydrogen-bond donors (Lipinski definition) is 0. The molecule has 1 fully saturated rings. The summed E-state index contributed by atoms with van der Waals surface area (Å²) in [6.45, 7) is 3.34. The van der Waals surface area contributed by atoms with E-state index in [4.69, 9.17) is 11.6 Å². The maximum absolute atomic E-state index is 6.08. The molecule has 0 amide bonds. The summed E-state index contributed by atoms with van der Waals surface area (Å²) in [7, 11) is 2.08. The summed E-state index contributed by atoms with van der Waals surface area (Å²) in [6, 6.07) is 8.03. The van der Waals surface area contributed by atoms with Crippen LogP contribution in [-0.2, 0) is 0 Å². The van der Waals surface area contributed by atoms with Crippen LogP contribution in [0.15, 0.2) is 24.3 Å². The SMILES string of the molecule is CC1CC1CN(C)c1nnc(Cl)c2ccccc12. The van der Waals surface area contributed by atoms with E-state index in [2.05, 4.69) is 35.1 Å². The topological polar surface area (TPSA) is 29.0 Å². The third-order valence-corrected chi connectivity index (χ3v) is 4.05. The van der Waals surface area contributed by atoms with Crippen LogP contribution in [-0.4, -0.2) is 23.8 Å². The number of halogens is 1. The maximum atomic E-state index is 6.08. The van der Waals surface area contributed by atoms with Gasteiger partial charge in [-0.3, -0.25) is 0 Å². The Morgan fingerprint density at radius 3 is 2.61 bits per heavy atom. The zero-order valence-corrected chi connectivity index (χ0v) is 11.4. The van der Waals surface area contributed by atoms with Crippen molar-refractivity contribution in [3.8, 4) is 0 Å². The molecular formula is C14H16ClN3. The lowest BCUT2D eigenvalue weighted by Gasteiger charge is -2.19. The molecule has 1 aromatic carbocycles. The van der Waals surface area contributed by atoms with Crippen molar-refractivity contribution in [1.29, 1.82) is 0 Å². The van der Waals surface area contributed by atoms with Gasteiger partial charge in [-0.25, -0.2) is 0 Å². The third kappa shape index (κ3) is 2.03. The molecule has 4 heteroatoms. The Hall–Kier alpha value is -1.35. The van der Waals surface area contributed by atoms with Gasteiger partial charge < -0.3 is 4.90 Å². The van der Waals surface area contributed by atoms with Crippen LogP contribution >= 0.6 is 11.6 Å². The van der Waals surface area contributed by atoms with E-state index in [9.17, 15) is 0 Å². The summed E-state index contributed by atoms with van der Waals surface area (Å²) < 4.78 is 0. The Bertz CT molecular complexity index is 584. The molecule has 18 heavy (non-hydrogen) atoms. The van der Waals surface area contributed by atoms with Crippen LogP contribution in [0.1, 0.15) is 13.3 Å². The van der Waals surface area contributed by atoms with Gasteiger partial charge in [-0.15, -0.1) is 10.2 Å². The van der Waals surface area contributed by atoms with Crippen molar-refractivity contribution in [2.75, 3.05) is 18.5 Å². The molecule has 94 valence electrons. The van der Waals surface area contributed by atoms with Crippen molar-refractivity contribution in [2.45, 2.75) is 13.3 Å². The molecule has 1 aromatic heterocycles. The minimum atomic E-state index is 0.475. The van der Waals surface area contributed by atoms with Crippen LogP contribution in [0.2, 0.25) is 5.15 Å². The van der Waals surface area contributed by atoms with Gasteiger partial charge >= 0.3 is 0 Å². The van der Waals surface area contributed by atoms with E-state index in [-0.39, 0.29) is 0 Å². The second-order valence-electron chi connectivity index (χ2n) is 5.21. The first-order chi connectivity index (χ1) is 8.66. The number of benzene rings is 1. The van der Waals surface area contributed by atoms with Gasteiger partial charge in [-0.05, 0) is 18.3 Å². The molecule has 0 spiro atoms. The molecule has 3 nitrogen and oxygen atoms in total. The van der Waals surface area contributed by atoms with E-state index in [0.717, 1.165) is 35.0 Å². The summed E-state index contributed by atoms with van der Waals surface area (Å²) in [5, 5.41) is 10.8. The van der Waals surface area contributed by atoms with Gasteiger partial charge in [0.15, 0.2) is 11.0 Å². The molecular weight excluding hydrogens is 246 g/mol. The fourth-order valence-electron chi connectivity index (χ4n) is 2.43. The second kappa shape index (κ2) is 4.39. The predicted octanol–water partition coefficient (Wildman–Crippen LogP) is 3.38. The van der Waals surface area contributed by atoms with Crippen molar-refractivity contribution >= 4 is 28.2 Å². The fourth-order valence-corrected chi connectivity index (χ4v) is 2.63. The highest BCUT2D eigenvalue weighted by Gasteiger charge is 2.33. The summed E-state index contributed by atoms with van der Waals surface area (Å²) >= 11 is 6.08. The maximum Gasteiger partial charge on any atom is 0.159 e. The molecule has 2 atom stereocenters. The molecule has 2 aromatic rings. The number of nitrogens with zero attached hydrogens (tertiary/aromatic N) is 3. The average Bonchev–Trinajstić information content (AvgIpc) is 3.05. The molecule has 0 N–H and O–H groups in total. The standard InChI is InChI=1S/C14H16ClN3/c1-9-7-10(9)8-18(2)14-12-6-4-3-5-11(12)13(15)16-17-14/h3-6,9-10H,7-8H2,1-2H3. The van der Waals surface area contributed by atoms with E-state index >= 15 is 0 Å². The van der Waals surface area contributed by atoms with Crippen LogP contribution < -0.4 is 4.90 Å². The molecule has 0 bridgehead atoms. The lowest BCUT2D eigenvalue weighted by molar-refractivity contribution is 0.717. The van der Waals surface area contributed by atoms with Gasteiger partial charge in [-0.1, -0.05) is 42.8 Å². The number of anilines is 1. The first-order valence-corrected chi connectivity index (χ1v) is 6.66. The highest BCUT2D eigenvalue weighted by Crippen LogP contribution is 2.39. The van der Waals surface area contributed by atoms with E-state index in [1.807, 2.05) is 18.2 Å². The number of aromatic nitrogens is 2. The second-order valence-corrected chi connectivity index (χ2v) is 5.57. The summed E-state index contributed by atoms with van der Waals surface area (Å²) in [5.74, 6) is 2.57. The normalized spacial score (nSPS) is 22.2. The molecule has 1 heterocycles. The minimum absolute atomic E-state index is 0.475. The van der Waals surface area contributed by atoms with Gasteiger partial charge in [0.2, 0.25) is 0 Å². The fraction of sp³-hybridized carbons (Fsp3) is 0.429. The van der Waals surface area contributed by atoms with E-state index < -0.39 is 0 Å². The van der Waals surface area contributed by atoms with Crippen LogP contribution in [0.3, 0.4) is 0 Å². The third-order valence-electron chi connectivity index (χ3n) is 3.77. The summed E-state index contributed by atoms with van der Waals surface area (Å²) in [6.07, 6.45) is 1.32. The average molecular weight is 262 g/mol. The quantitative estimate of drug-likeness (QED) is 0.848. The van der Waals surface area contributed by atoms with Crippen LogP contribution in [0.4, 0.5) is 5.82 Å². The van der Waals surface area contributed by atoms with Gasteiger partial charge in [-0.2, -0.15) is 0 Å². The number of rotatable bonds is 3. The predicted molar refractivity (Wildman–Crippen MR) is 75.1 cm³/mol. The monoisotopic (exact) mass is 261 g/mol. The molecule has 1 saturated carbocycles. The van der Waals surface area contributed by atoms with Crippen molar-refractivity contribution in [3.63, 3.8) is 0 Å². The first-order valence-electron chi connectivity index (χ1n) is 6.29. The lowest BCUT2D eigenvalue weighted by Crippen LogP contribution is -2.22. The van der Waals surface area contributed by atoms with Crippen molar-refractivity contribution in [2.24, 2.45) is 11.8 Å². The van der Waals surface area contributed by atoms with E-state index in [1.165, 1.54) is 6.42 Å².